The average molecular weight is 364 g/mol. The average Bonchev–Trinajstić information content (AvgIpc) is 3.30. The molecular formula is C22H24N2O3. The Labute approximate surface area is 158 Å². The minimum Gasteiger partial charge on any atom is -0.461 e. The predicted octanol–water partition coefficient (Wildman–Crippen LogP) is 4.25. The zero-order chi connectivity index (χ0) is 19.0. The fraction of sp³-hybridized carbons (Fsp3) is 0.364. The van der Waals surface area contributed by atoms with Gasteiger partial charge >= 0.3 is 0 Å². The molecule has 1 aromatic carbocycles. The Balaban J connectivity index is 1.68. The van der Waals surface area contributed by atoms with Gasteiger partial charge in [0.15, 0.2) is 5.76 Å². The molecule has 0 N–H and O–H groups in total. The highest BCUT2D eigenvalue weighted by molar-refractivity contribution is 6.15. The van der Waals surface area contributed by atoms with Crippen LogP contribution in [0.3, 0.4) is 0 Å². The molecule has 5 heteroatoms. The van der Waals surface area contributed by atoms with Crippen molar-refractivity contribution in [1.82, 2.24) is 9.47 Å². The lowest BCUT2D eigenvalue weighted by Crippen LogP contribution is -2.48. The van der Waals surface area contributed by atoms with Crippen LogP contribution in [0.15, 0.2) is 53.3 Å². The number of amides is 1. The van der Waals surface area contributed by atoms with E-state index >= 15 is 0 Å². The van der Waals surface area contributed by atoms with E-state index in [0.29, 0.717) is 11.3 Å². The van der Waals surface area contributed by atoms with Crippen LogP contribution in [0.1, 0.15) is 49.2 Å². The number of ketones is 1. The fourth-order valence-electron chi connectivity index (χ4n) is 4.24. The smallest absolute Gasteiger partial charge is 0.242 e. The van der Waals surface area contributed by atoms with Gasteiger partial charge in [0.05, 0.1) is 11.8 Å². The zero-order valence-electron chi connectivity index (χ0n) is 15.7. The summed E-state index contributed by atoms with van der Waals surface area (Å²) in [6.07, 6.45) is 6.54. The van der Waals surface area contributed by atoms with E-state index in [-0.39, 0.29) is 30.3 Å². The number of likely N-dealkylation sites (tertiary alicyclic amines) is 1. The lowest BCUT2D eigenvalue weighted by Gasteiger charge is -2.39. The van der Waals surface area contributed by atoms with Gasteiger partial charge in [-0.25, -0.2) is 0 Å². The van der Waals surface area contributed by atoms with Gasteiger partial charge in [0, 0.05) is 29.2 Å². The second-order valence-electron chi connectivity index (χ2n) is 7.42. The number of fused-ring (bicyclic) bond motifs is 1. The standard InChI is InChI=1S/C22H24N2O3/c1-15-7-5-8-16(2)24(15)21(25)14-23-13-18(17-9-3-4-10-19(17)23)22(26)20-11-6-12-27-20/h3-4,6,9-13,15-16H,5,7-8,14H2,1-2H3/t15-,16-/m0/s1. The van der Waals surface area contributed by atoms with Crippen molar-refractivity contribution in [2.45, 2.75) is 51.7 Å². The third kappa shape index (κ3) is 3.18. The minimum absolute atomic E-state index is 0.104. The van der Waals surface area contributed by atoms with Crippen molar-refractivity contribution in [3.05, 3.63) is 60.2 Å². The van der Waals surface area contributed by atoms with E-state index < -0.39 is 0 Å². The molecular weight excluding hydrogens is 340 g/mol. The normalized spacial score (nSPS) is 20.1. The summed E-state index contributed by atoms with van der Waals surface area (Å²) in [7, 11) is 0. The number of carbonyl (C=O) groups excluding carboxylic acids is 2. The van der Waals surface area contributed by atoms with E-state index in [1.54, 1.807) is 18.3 Å². The van der Waals surface area contributed by atoms with Crippen molar-refractivity contribution < 1.29 is 14.0 Å². The van der Waals surface area contributed by atoms with Crippen LogP contribution in [0.2, 0.25) is 0 Å². The molecule has 1 aliphatic heterocycles. The summed E-state index contributed by atoms with van der Waals surface area (Å²) in [5, 5.41) is 0.839. The number of aromatic nitrogens is 1. The highest BCUT2D eigenvalue weighted by Gasteiger charge is 2.29. The molecule has 0 bridgehead atoms. The molecule has 140 valence electrons. The van der Waals surface area contributed by atoms with Crippen molar-refractivity contribution in [2.24, 2.45) is 0 Å². The molecule has 0 unspecified atom stereocenters. The van der Waals surface area contributed by atoms with Gasteiger partial charge in [0.2, 0.25) is 11.7 Å². The molecule has 1 aliphatic rings. The number of rotatable bonds is 4. The molecule has 3 heterocycles. The predicted molar refractivity (Wildman–Crippen MR) is 104 cm³/mol. The Morgan fingerprint density at radius 3 is 2.52 bits per heavy atom. The van der Waals surface area contributed by atoms with Gasteiger partial charge < -0.3 is 13.9 Å². The van der Waals surface area contributed by atoms with Gasteiger partial charge in [-0.3, -0.25) is 9.59 Å². The Morgan fingerprint density at radius 1 is 1.07 bits per heavy atom. The molecule has 0 aliphatic carbocycles. The molecule has 1 amide bonds. The monoisotopic (exact) mass is 364 g/mol. The maximum Gasteiger partial charge on any atom is 0.242 e. The van der Waals surface area contributed by atoms with Crippen LogP contribution in [-0.4, -0.2) is 33.2 Å². The first-order valence-electron chi connectivity index (χ1n) is 9.53. The van der Waals surface area contributed by atoms with E-state index in [4.69, 9.17) is 4.42 Å². The van der Waals surface area contributed by atoms with Crippen LogP contribution >= 0.6 is 0 Å². The quantitative estimate of drug-likeness (QED) is 0.650. The molecule has 0 spiro atoms. The molecule has 0 radical (unpaired) electrons. The number of carbonyl (C=O) groups is 2. The van der Waals surface area contributed by atoms with Crippen LogP contribution < -0.4 is 0 Å². The van der Waals surface area contributed by atoms with E-state index in [2.05, 4.69) is 13.8 Å². The van der Waals surface area contributed by atoms with Gasteiger partial charge in [-0.05, 0) is 51.3 Å². The first-order chi connectivity index (χ1) is 13.1. The summed E-state index contributed by atoms with van der Waals surface area (Å²) in [5.74, 6) is 0.247. The van der Waals surface area contributed by atoms with Crippen molar-refractivity contribution >= 4 is 22.6 Å². The maximum atomic E-state index is 13.0. The summed E-state index contributed by atoms with van der Waals surface area (Å²) in [5.41, 5.74) is 1.45. The molecule has 5 nitrogen and oxygen atoms in total. The number of nitrogens with zero attached hydrogens (tertiary/aromatic N) is 2. The highest BCUT2D eigenvalue weighted by Crippen LogP contribution is 2.26. The molecule has 4 rings (SSSR count). The van der Waals surface area contributed by atoms with Gasteiger partial charge in [0.25, 0.3) is 0 Å². The Kier molecular flexibility index (Phi) is 4.60. The number of hydrogen-bond donors (Lipinski definition) is 0. The van der Waals surface area contributed by atoms with E-state index in [0.717, 1.165) is 23.7 Å². The number of hydrogen-bond acceptors (Lipinski definition) is 3. The topological polar surface area (TPSA) is 55.5 Å². The molecule has 2 aromatic heterocycles. The maximum absolute atomic E-state index is 13.0. The summed E-state index contributed by atoms with van der Waals surface area (Å²) in [4.78, 5) is 27.9. The number of benzene rings is 1. The van der Waals surface area contributed by atoms with Crippen molar-refractivity contribution in [3.8, 4) is 0 Å². The van der Waals surface area contributed by atoms with Gasteiger partial charge in [-0.1, -0.05) is 18.2 Å². The lowest BCUT2D eigenvalue weighted by molar-refractivity contribution is -0.137. The number of piperidine rings is 1. The summed E-state index contributed by atoms with van der Waals surface area (Å²) < 4.78 is 7.17. The summed E-state index contributed by atoms with van der Waals surface area (Å²) >= 11 is 0. The Morgan fingerprint density at radius 2 is 1.81 bits per heavy atom. The third-order valence-electron chi connectivity index (χ3n) is 5.57. The van der Waals surface area contributed by atoms with Gasteiger partial charge in [-0.15, -0.1) is 0 Å². The molecule has 0 saturated carbocycles. The van der Waals surface area contributed by atoms with Crippen molar-refractivity contribution in [2.75, 3.05) is 0 Å². The van der Waals surface area contributed by atoms with Crippen molar-refractivity contribution in [1.29, 1.82) is 0 Å². The molecule has 1 fully saturated rings. The van der Waals surface area contributed by atoms with Crippen LogP contribution in [-0.2, 0) is 11.3 Å². The van der Waals surface area contributed by atoms with Gasteiger partial charge in [-0.2, -0.15) is 0 Å². The van der Waals surface area contributed by atoms with E-state index in [1.165, 1.54) is 12.7 Å². The molecule has 27 heavy (non-hydrogen) atoms. The molecule has 2 atom stereocenters. The largest absolute Gasteiger partial charge is 0.461 e. The van der Waals surface area contributed by atoms with E-state index in [1.807, 2.05) is 33.7 Å². The van der Waals surface area contributed by atoms with E-state index in [9.17, 15) is 9.59 Å². The molecule has 1 saturated heterocycles. The molecule has 3 aromatic rings. The first kappa shape index (κ1) is 17.6. The SMILES string of the molecule is C[C@H]1CCC[C@H](C)N1C(=O)Cn1cc(C(=O)c2ccco2)c2ccccc21. The lowest BCUT2D eigenvalue weighted by atomic mass is 9.97. The Hall–Kier alpha value is -2.82. The van der Waals surface area contributed by atoms with Crippen LogP contribution in [0, 0.1) is 0 Å². The van der Waals surface area contributed by atoms with Crippen LogP contribution in [0.5, 0.6) is 0 Å². The second kappa shape index (κ2) is 7.06. The Bertz CT molecular complexity index is 961. The zero-order valence-corrected chi connectivity index (χ0v) is 15.7. The van der Waals surface area contributed by atoms with Crippen molar-refractivity contribution in [3.63, 3.8) is 0 Å². The first-order valence-corrected chi connectivity index (χ1v) is 9.53. The highest BCUT2D eigenvalue weighted by atomic mass is 16.3. The third-order valence-corrected chi connectivity index (χ3v) is 5.57. The van der Waals surface area contributed by atoms with Gasteiger partial charge in [0.1, 0.15) is 6.54 Å². The summed E-state index contributed by atoms with van der Waals surface area (Å²) in [6.45, 7) is 4.47. The number of para-hydroxylation sites is 1. The second-order valence-corrected chi connectivity index (χ2v) is 7.42. The van der Waals surface area contributed by atoms with Crippen LogP contribution in [0.25, 0.3) is 10.9 Å². The minimum atomic E-state index is -0.165. The van der Waals surface area contributed by atoms with Crippen LogP contribution in [0.4, 0.5) is 0 Å². The summed E-state index contributed by atoms with van der Waals surface area (Å²) in [6, 6.07) is 11.6. The number of furan rings is 1. The fourth-order valence-corrected chi connectivity index (χ4v) is 4.24.